The molecular weight excluding hydrogens is 547 g/mol. The molecule has 3 aromatic carbocycles. The fraction of sp³-hybridized carbons (Fsp3) is 0.258. The highest BCUT2D eigenvalue weighted by Crippen LogP contribution is 2.55. The summed E-state index contributed by atoms with van der Waals surface area (Å²) in [4.78, 5) is 35.1. The number of halogens is 2. The molecule has 7 rings (SSSR count). The van der Waals surface area contributed by atoms with Gasteiger partial charge in [-0.3, -0.25) is 14.5 Å². The Morgan fingerprint density at radius 3 is 2.50 bits per heavy atom. The lowest BCUT2D eigenvalue weighted by Crippen LogP contribution is -2.51. The number of anilines is 2. The van der Waals surface area contributed by atoms with Gasteiger partial charge in [0.25, 0.3) is 11.8 Å². The number of hydrogen-bond donors (Lipinski definition) is 1. The van der Waals surface area contributed by atoms with Crippen LogP contribution < -0.4 is 15.0 Å². The summed E-state index contributed by atoms with van der Waals surface area (Å²) in [6.07, 6.45) is 2.35. The van der Waals surface area contributed by atoms with Crippen molar-refractivity contribution in [2.45, 2.75) is 44.2 Å². The van der Waals surface area contributed by atoms with Gasteiger partial charge < -0.3 is 14.6 Å². The number of methoxy groups -OCH3 is 1. The van der Waals surface area contributed by atoms with Crippen LogP contribution in [0.5, 0.6) is 5.75 Å². The third-order valence-corrected chi connectivity index (χ3v) is 8.51. The average molecular weight is 573 g/mol. The van der Waals surface area contributed by atoms with E-state index in [0.29, 0.717) is 50.2 Å². The van der Waals surface area contributed by atoms with Crippen molar-refractivity contribution in [1.82, 2.24) is 9.55 Å². The molecule has 9 heteroatoms. The first-order chi connectivity index (χ1) is 19.2. The number of nitrogens with zero attached hydrogens (tertiary/aromatic N) is 3. The van der Waals surface area contributed by atoms with Gasteiger partial charge in [-0.25, -0.2) is 4.98 Å². The third kappa shape index (κ3) is 3.40. The molecule has 7 nitrogen and oxygen atoms in total. The largest absolute Gasteiger partial charge is 0.496 e. The summed E-state index contributed by atoms with van der Waals surface area (Å²) in [5.74, 6) is 1.07. The standard InChI is InChI=1S/C31H26Cl2N4O3/c1-16(2)36-27-26(35-28(36)22-11-9-18(17-7-8-17)13-25(22)40-3)29(38)37(21-6-4-5-19(32)14-21)31(27)23-12-10-20(33)15-24(23)34-30(31)39/h4-6,9-17H,7-8H2,1-3H3,(H,34,39). The van der Waals surface area contributed by atoms with E-state index in [1.807, 2.05) is 24.5 Å². The summed E-state index contributed by atoms with van der Waals surface area (Å²) in [5, 5.41) is 3.93. The molecule has 40 heavy (non-hydrogen) atoms. The summed E-state index contributed by atoms with van der Waals surface area (Å²) in [7, 11) is 1.64. The van der Waals surface area contributed by atoms with Gasteiger partial charge >= 0.3 is 0 Å². The molecule has 1 fully saturated rings. The van der Waals surface area contributed by atoms with Crippen LogP contribution in [-0.2, 0) is 10.3 Å². The van der Waals surface area contributed by atoms with E-state index >= 15 is 0 Å². The van der Waals surface area contributed by atoms with Crippen molar-refractivity contribution in [3.05, 3.63) is 93.2 Å². The first kappa shape index (κ1) is 25.2. The van der Waals surface area contributed by atoms with Gasteiger partial charge in [-0.05, 0) is 80.6 Å². The second kappa shape index (κ2) is 8.85. The van der Waals surface area contributed by atoms with Crippen molar-refractivity contribution in [2.24, 2.45) is 0 Å². The number of fused-ring (bicyclic) bond motifs is 4. The van der Waals surface area contributed by atoms with Gasteiger partial charge in [-0.15, -0.1) is 0 Å². The molecule has 0 radical (unpaired) electrons. The summed E-state index contributed by atoms with van der Waals surface area (Å²) < 4.78 is 7.83. The smallest absolute Gasteiger partial charge is 0.280 e. The summed E-state index contributed by atoms with van der Waals surface area (Å²) in [5.41, 5.74) is 2.88. The lowest BCUT2D eigenvalue weighted by Gasteiger charge is -2.35. The maximum absolute atomic E-state index is 14.4. The zero-order valence-corrected chi connectivity index (χ0v) is 23.7. The number of carbonyl (C=O) groups is 2. The SMILES string of the molecule is COc1cc(C2CC2)ccc1-c1nc2c(n1C(C)C)C1(C(=O)Nc3cc(Cl)ccc31)N(c1cccc(Cl)c1)C2=O. The lowest BCUT2D eigenvalue weighted by atomic mass is 9.87. The molecule has 2 amide bonds. The summed E-state index contributed by atoms with van der Waals surface area (Å²) >= 11 is 12.7. The molecular formula is C31H26Cl2N4O3. The highest BCUT2D eigenvalue weighted by atomic mass is 35.5. The second-order valence-corrected chi connectivity index (χ2v) is 11.7. The van der Waals surface area contributed by atoms with E-state index in [4.69, 9.17) is 32.9 Å². The monoisotopic (exact) mass is 572 g/mol. The van der Waals surface area contributed by atoms with Crippen LogP contribution in [0, 0.1) is 0 Å². The van der Waals surface area contributed by atoms with E-state index in [1.165, 1.54) is 23.3 Å². The van der Waals surface area contributed by atoms with Crippen molar-refractivity contribution in [3.63, 3.8) is 0 Å². The fourth-order valence-corrected chi connectivity index (χ4v) is 6.56. The number of imidazole rings is 1. The number of amides is 2. The van der Waals surface area contributed by atoms with E-state index in [1.54, 1.807) is 49.6 Å². The first-order valence-corrected chi connectivity index (χ1v) is 14.0. The molecule has 3 heterocycles. The maximum Gasteiger partial charge on any atom is 0.280 e. The van der Waals surface area contributed by atoms with Gasteiger partial charge in [-0.2, -0.15) is 0 Å². The lowest BCUT2D eigenvalue weighted by molar-refractivity contribution is -0.119. The van der Waals surface area contributed by atoms with Crippen LogP contribution in [-0.4, -0.2) is 28.5 Å². The molecule has 1 saturated carbocycles. The van der Waals surface area contributed by atoms with Gasteiger partial charge in [0.15, 0.2) is 11.2 Å². The van der Waals surface area contributed by atoms with E-state index < -0.39 is 5.54 Å². The van der Waals surface area contributed by atoms with E-state index in [2.05, 4.69) is 17.4 Å². The van der Waals surface area contributed by atoms with E-state index in [0.717, 1.165) is 5.56 Å². The van der Waals surface area contributed by atoms with Crippen molar-refractivity contribution in [3.8, 4) is 17.1 Å². The first-order valence-electron chi connectivity index (χ1n) is 13.3. The minimum Gasteiger partial charge on any atom is -0.496 e. The molecule has 1 spiro atoms. The number of nitrogens with one attached hydrogen (secondary N) is 1. The number of hydrogen-bond acceptors (Lipinski definition) is 4. The molecule has 1 unspecified atom stereocenters. The number of aromatic nitrogens is 2. The normalized spacial score (nSPS) is 19.4. The van der Waals surface area contributed by atoms with Crippen LogP contribution in [0.3, 0.4) is 0 Å². The van der Waals surface area contributed by atoms with E-state index in [-0.39, 0.29) is 23.6 Å². The fourth-order valence-electron chi connectivity index (χ4n) is 6.20. The molecule has 1 atom stereocenters. The van der Waals surface area contributed by atoms with Crippen molar-refractivity contribution < 1.29 is 14.3 Å². The highest BCUT2D eigenvalue weighted by Gasteiger charge is 2.64. The quantitative estimate of drug-likeness (QED) is 0.275. The number of benzene rings is 3. The topological polar surface area (TPSA) is 76.5 Å². The van der Waals surface area contributed by atoms with E-state index in [9.17, 15) is 9.59 Å². The molecule has 4 aromatic rings. The van der Waals surface area contributed by atoms with Crippen LogP contribution in [0.4, 0.5) is 11.4 Å². The molecule has 3 aliphatic rings. The molecule has 2 aliphatic heterocycles. The van der Waals surface area contributed by atoms with Crippen molar-refractivity contribution in [1.29, 1.82) is 0 Å². The van der Waals surface area contributed by atoms with Gasteiger partial charge in [-0.1, -0.05) is 41.4 Å². The maximum atomic E-state index is 14.4. The van der Waals surface area contributed by atoms with Crippen molar-refractivity contribution in [2.75, 3.05) is 17.3 Å². The Bertz CT molecular complexity index is 1740. The Labute approximate surface area is 241 Å². The zero-order valence-electron chi connectivity index (χ0n) is 22.2. The summed E-state index contributed by atoms with van der Waals surface area (Å²) in [6.45, 7) is 4.04. The minimum atomic E-state index is -1.52. The second-order valence-electron chi connectivity index (χ2n) is 10.8. The Hall–Kier alpha value is -3.81. The minimum absolute atomic E-state index is 0.146. The Balaban J connectivity index is 1.54. The third-order valence-electron chi connectivity index (χ3n) is 8.04. The molecule has 202 valence electrons. The van der Waals surface area contributed by atoms with Crippen LogP contribution in [0.25, 0.3) is 11.4 Å². The molecule has 0 saturated heterocycles. The summed E-state index contributed by atoms with van der Waals surface area (Å²) in [6, 6.07) is 18.2. The molecule has 1 aromatic heterocycles. The molecule has 1 N–H and O–H groups in total. The van der Waals surface area contributed by atoms with Gasteiger partial charge in [0.1, 0.15) is 11.6 Å². The zero-order chi connectivity index (χ0) is 27.9. The van der Waals surface area contributed by atoms with Crippen molar-refractivity contribution >= 4 is 46.4 Å². The predicted octanol–water partition coefficient (Wildman–Crippen LogP) is 7.18. The Morgan fingerprint density at radius 2 is 1.80 bits per heavy atom. The highest BCUT2D eigenvalue weighted by molar-refractivity contribution is 6.32. The van der Waals surface area contributed by atoms with Crippen LogP contribution in [0.15, 0.2) is 60.7 Å². The number of rotatable bonds is 5. The van der Waals surface area contributed by atoms with Gasteiger partial charge in [0.2, 0.25) is 0 Å². The van der Waals surface area contributed by atoms with Gasteiger partial charge in [0, 0.05) is 33.0 Å². The predicted molar refractivity (Wildman–Crippen MR) is 156 cm³/mol. The average Bonchev–Trinajstić information content (AvgIpc) is 3.58. The molecule has 0 bridgehead atoms. The number of carbonyl (C=O) groups excluding carboxylic acids is 2. The van der Waals surface area contributed by atoms with Crippen LogP contribution >= 0.6 is 23.2 Å². The Morgan fingerprint density at radius 1 is 1.02 bits per heavy atom. The van der Waals surface area contributed by atoms with Crippen LogP contribution in [0.1, 0.15) is 66.0 Å². The van der Waals surface area contributed by atoms with Crippen LogP contribution in [0.2, 0.25) is 10.0 Å². The number of ether oxygens (including phenoxy) is 1. The molecule has 1 aliphatic carbocycles. The van der Waals surface area contributed by atoms with Gasteiger partial charge in [0.05, 0.1) is 18.4 Å². The Kier molecular flexibility index (Phi) is 5.57.